The highest BCUT2D eigenvalue weighted by molar-refractivity contribution is 7.14. The van der Waals surface area contributed by atoms with Gasteiger partial charge in [0.05, 0.1) is 12.3 Å². The maximum absolute atomic E-state index is 15.5. The van der Waals surface area contributed by atoms with Gasteiger partial charge < -0.3 is 5.11 Å². The summed E-state index contributed by atoms with van der Waals surface area (Å²) in [5.41, 5.74) is 2.56. The van der Waals surface area contributed by atoms with Crippen molar-refractivity contribution in [2.45, 2.75) is 32.1 Å². The van der Waals surface area contributed by atoms with Crippen LogP contribution in [0.4, 0.5) is 15.3 Å². The third kappa shape index (κ3) is 6.50. The molecule has 0 spiro atoms. The minimum atomic E-state index is -1.10. The molecule has 42 heavy (non-hydrogen) atoms. The predicted octanol–water partition coefficient (Wildman–Crippen LogP) is 6.48. The second-order valence-electron chi connectivity index (χ2n) is 10.1. The molecule has 0 aliphatic carbocycles. The maximum Gasteiger partial charge on any atom is 0.304 e. The first-order valence-corrected chi connectivity index (χ1v) is 14.7. The predicted molar refractivity (Wildman–Crippen MR) is 161 cm³/mol. The van der Waals surface area contributed by atoms with Crippen LogP contribution in [0.5, 0.6) is 0 Å². The zero-order valence-corrected chi connectivity index (χ0v) is 24.4. The molecule has 2 amide bonds. The van der Waals surface area contributed by atoms with Crippen LogP contribution < -0.4 is 9.80 Å². The first-order valence-electron chi connectivity index (χ1n) is 13.5. The fraction of sp³-hybridized carbons (Fsp3) is 0.258. The topological polar surface area (TPSA) is 104 Å². The minimum absolute atomic E-state index is 0.0141. The standard InChI is InChI=1S/C31H28ClFN4O4S/c1-36(30(41)21(16-27(39)40)15-19-7-3-2-4-8-19)31-35-28(29(33)42-31)24-17-22(32)11-12-23(24)20-10-13-25(34-18-20)37-14-6-5-9-26(37)38/h2-4,7-8,10-13,17-18,21H,5-6,9,14-16H2,1H3,(H,39,40). The van der Waals surface area contributed by atoms with Gasteiger partial charge in [0.25, 0.3) is 0 Å². The van der Waals surface area contributed by atoms with Crippen molar-refractivity contribution in [3.05, 3.63) is 82.6 Å². The molecule has 0 saturated carbocycles. The molecule has 1 N–H and O–H groups in total. The Labute approximate surface area is 251 Å². The van der Waals surface area contributed by atoms with E-state index in [-0.39, 0.29) is 29.6 Å². The van der Waals surface area contributed by atoms with Crippen LogP contribution in [-0.2, 0) is 20.8 Å². The number of rotatable bonds is 9. The lowest BCUT2D eigenvalue weighted by Gasteiger charge is -2.25. The van der Waals surface area contributed by atoms with Crippen molar-refractivity contribution >= 4 is 51.7 Å². The summed E-state index contributed by atoms with van der Waals surface area (Å²) in [4.78, 5) is 49.1. The Hall–Kier alpha value is -4.15. The Morgan fingerprint density at radius 2 is 1.90 bits per heavy atom. The molecule has 1 atom stereocenters. The Balaban J connectivity index is 1.43. The van der Waals surface area contributed by atoms with Crippen LogP contribution in [0.2, 0.25) is 5.02 Å². The molecular weight excluding hydrogens is 579 g/mol. The fourth-order valence-corrected chi connectivity index (χ4v) is 5.99. The fourth-order valence-electron chi connectivity index (χ4n) is 5.04. The highest BCUT2D eigenvalue weighted by atomic mass is 35.5. The number of benzene rings is 2. The molecular formula is C31H28ClFN4O4S. The molecule has 1 unspecified atom stereocenters. The van der Waals surface area contributed by atoms with Gasteiger partial charge in [0.15, 0.2) is 5.13 Å². The molecule has 1 aliphatic heterocycles. The van der Waals surface area contributed by atoms with E-state index in [2.05, 4.69) is 9.97 Å². The largest absolute Gasteiger partial charge is 0.481 e. The second kappa shape index (κ2) is 12.8. The van der Waals surface area contributed by atoms with Crippen molar-refractivity contribution in [3.63, 3.8) is 0 Å². The number of thiazole rings is 1. The molecule has 2 aromatic carbocycles. The quantitative estimate of drug-likeness (QED) is 0.234. The molecule has 4 aromatic rings. The van der Waals surface area contributed by atoms with Gasteiger partial charge >= 0.3 is 5.97 Å². The number of carboxylic acids is 1. The van der Waals surface area contributed by atoms with E-state index in [4.69, 9.17) is 11.6 Å². The number of piperidine rings is 1. The van der Waals surface area contributed by atoms with Gasteiger partial charge in [-0.05, 0) is 54.7 Å². The first-order chi connectivity index (χ1) is 20.2. The molecule has 1 aliphatic rings. The molecule has 5 rings (SSSR count). The van der Waals surface area contributed by atoms with E-state index < -0.39 is 22.9 Å². The average Bonchev–Trinajstić information content (AvgIpc) is 3.38. The summed E-state index contributed by atoms with van der Waals surface area (Å²) in [6.45, 7) is 0.620. The Kier molecular flexibility index (Phi) is 8.94. The minimum Gasteiger partial charge on any atom is -0.481 e. The lowest BCUT2D eigenvalue weighted by molar-refractivity contribution is -0.140. The van der Waals surface area contributed by atoms with Gasteiger partial charge in [-0.2, -0.15) is 4.39 Å². The maximum atomic E-state index is 15.5. The van der Waals surface area contributed by atoms with Crippen LogP contribution in [0, 0.1) is 11.0 Å². The van der Waals surface area contributed by atoms with Crippen LogP contribution in [0.25, 0.3) is 22.4 Å². The number of amides is 2. The number of carboxylic acid groups (broad SMARTS) is 1. The molecule has 1 saturated heterocycles. The molecule has 0 bridgehead atoms. The lowest BCUT2D eigenvalue weighted by Crippen LogP contribution is -2.35. The van der Waals surface area contributed by atoms with Crippen LogP contribution in [-0.4, -0.2) is 46.5 Å². The summed E-state index contributed by atoms with van der Waals surface area (Å²) in [6, 6.07) is 17.8. The van der Waals surface area contributed by atoms with Crippen molar-refractivity contribution in [2.75, 3.05) is 23.4 Å². The van der Waals surface area contributed by atoms with E-state index in [1.165, 1.54) is 11.9 Å². The smallest absolute Gasteiger partial charge is 0.304 e. The number of carbonyl (C=O) groups is 3. The third-order valence-electron chi connectivity index (χ3n) is 7.18. The normalized spacial score (nSPS) is 14.1. The van der Waals surface area contributed by atoms with E-state index in [0.717, 1.165) is 18.4 Å². The molecule has 1 fully saturated rings. The van der Waals surface area contributed by atoms with Crippen molar-refractivity contribution in [2.24, 2.45) is 5.92 Å². The first kappa shape index (κ1) is 29.3. The summed E-state index contributed by atoms with van der Waals surface area (Å²) in [5, 5.41) is 9.30. The number of nitrogens with zero attached hydrogens (tertiary/aromatic N) is 4. The van der Waals surface area contributed by atoms with Crippen LogP contribution in [0.15, 0.2) is 66.9 Å². The summed E-state index contributed by atoms with van der Waals surface area (Å²) < 4.78 is 15.5. The zero-order valence-electron chi connectivity index (χ0n) is 22.8. The Morgan fingerprint density at radius 3 is 2.60 bits per heavy atom. The van der Waals surface area contributed by atoms with Gasteiger partial charge in [0, 0.05) is 42.4 Å². The van der Waals surface area contributed by atoms with Gasteiger partial charge in [0.1, 0.15) is 11.5 Å². The number of anilines is 2. The number of carbonyl (C=O) groups excluding carboxylic acids is 2. The van der Waals surface area contributed by atoms with E-state index in [1.54, 1.807) is 35.4 Å². The van der Waals surface area contributed by atoms with Gasteiger partial charge in [-0.1, -0.05) is 59.3 Å². The van der Waals surface area contributed by atoms with Gasteiger partial charge in [-0.3, -0.25) is 24.2 Å². The highest BCUT2D eigenvalue weighted by Gasteiger charge is 2.29. The number of pyridine rings is 1. The van der Waals surface area contributed by atoms with E-state index in [0.29, 0.717) is 51.8 Å². The SMILES string of the molecule is CN(C(=O)C(CC(=O)O)Cc1ccccc1)c1nc(-c2cc(Cl)ccc2-c2ccc(N3CCCCC3=O)nc2)c(F)s1. The third-order valence-corrected chi connectivity index (χ3v) is 8.34. The van der Waals surface area contributed by atoms with Crippen LogP contribution in [0.3, 0.4) is 0 Å². The van der Waals surface area contributed by atoms with E-state index in [9.17, 15) is 19.5 Å². The van der Waals surface area contributed by atoms with Crippen molar-refractivity contribution < 1.29 is 23.9 Å². The molecule has 0 radical (unpaired) electrons. The number of halogens is 2. The molecule has 3 heterocycles. The summed E-state index contributed by atoms with van der Waals surface area (Å²) >= 11 is 7.01. The van der Waals surface area contributed by atoms with Crippen LogP contribution >= 0.6 is 22.9 Å². The number of hydrogen-bond donors (Lipinski definition) is 1. The average molecular weight is 607 g/mol. The summed E-state index contributed by atoms with van der Waals surface area (Å²) in [5.74, 6) is -1.83. The van der Waals surface area contributed by atoms with Gasteiger partial charge in [0.2, 0.25) is 16.9 Å². The van der Waals surface area contributed by atoms with Crippen molar-refractivity contribution in [3.8, 4) is 22.4 Å². The molecule has 2 aromatic heterocycles. The van der Waals surface area contributed by atoms with Gasteiger partial charge in [-0.25, -0.2) is 9.97 Å². The van der Waals surface area contributed by atoms with E-state index in [1.807, 2.05) is 36.4 Å². The molecule has 11 heteroatoms. The molecule has 8 nitrogen and oxygen atoms in total. The monoisotopic (exact) mass is 606 g/mol. The summed E-state index contributed by atoms with van der Waals surface area (Å²) in [7, 11) is 1.47. The van der Waals surface area contributed by atoms with E-state index >= 15 is 4.39 Å². The highest BCUT2D eigenvalue weighted by Crippen LogP contribution is 2.39. The van der Waals surface area contributed by atoms with Crippen LogP contribution in [0.1, 0.15) is 31.2 Å². The van der Waals surface area contributed by atoms with Gasteiger partial charge in [-0.15, -0.1) is 0 Å². The number of aromatic nitrogens is 2. The van der Waals surface area contributed by atoms with Crippen molar-refractivity contribution in [1.29, 1.82) is 0 Å². The number of hydrogen-bond acceptors (Lipinski definition) is 6. The van der Waals surface area contributed by atoms with Crippen molar-refractivity contribution in [1.82, 2.24) is 9.97 Å². The second-order valence-corrected chi connectivity index (χ2v) is 11.5. The zero-order chi connectivity index (χ0) is 29.8. The lowest BCUT2D eigenvalue weighted by atomic mass is 9.95. The Bertz CT molecular complexity index is 1610. The summed E-state index contributed by atoms with van der Waals surface area (Å²) in [6.07, 6.45) is 3.77. The molecule has 216 valence electrons. The number of aliphatic carboxylic acids is 1. The Morgan fingerprint density at radius 1 is 1.12 bits per heavy atom.